The molecule has 20 heavy (non-hydrogen) atoms. The highest BCUT2D eigenvalue weighted by Gasteiger charge is 2.07. The molecule has 0 spiro atoms. The molecular weight excluding hydrogens is 256 g/mol. The molecule has 0 unspecified atom stereocenters. The quantitative estimate of drug-likeness (QED) is 0.692. The standard InChI is InChI=1S/C15H24N2O3/c1-17(9-6-10-19-2)12-15(18)16-11-13-7-4-5-8-14(13)20-3/h4-5,7-8H,6,9-12H2,1-3H3,(H,16,18). The van der Waals surface area contributed by atoms with Gasteiger partial charge in [0, 0.05) is 32.4 Å². The van der Waals surface area contributed by atoms with Crippen LogP contribution in [0, 0.1) is 0 Å². The lowest BCUT2D eigenvalue weighted by Crippen LogP contribution is -2.35. The lowest BCUT2D eigenvalue weighted by Gasteiger charge is -2.16. The molecular formula is C15H24N2O3. The van der Waals surface area contributed by atoms with Crippen LogP contribution in [0.3, 0.4) is 0 Å². The number of para-hydroxylation sites is 1. The number of nitrogens with zero attached hydrogens (tertiary/aromatic N) is 1. The second-order valence-corrected chi connectivity index (χ2v) is 4.67. The van der Waals surface area contributed by atoms with Crippen molar-refractivity contribution in [1.82, 2.24) is 10.2 Å². The maximum absolute atomic E-state index is 11.8. The Hall–Kier alpha value is -1.59. The fourth-order valence-corrected chi connectivity index (χ4v) is 1.90. The molecule has 0 aliphatic heterocycles. The Bertz CT molecular complexity index is 410. The number of carbonyl (C=O) groups excluding carboxylic acids is 1. The molecule has 0 saturated carbocycles. The molecule has 1 aromatic rings. The first-order chi connectivity index (χ1) is 9.67. The largest absolute Gasteiger partial charge is 0.496 e. The van der Waals surface area contributed by atoms with Gasteiger partial charge in [-0.3, -0.25) is 9.69 Å². The van der Waals surface area contributed by atoms with Crippen LogP contribution in [0.2, 0.25) is 0 Å². The fourth-order valence-electron chi connectivity index (χ4n) is 1.90. The van der Waals surface area contributed by atoms with Crippen molar-refractivity contribution >= 4 is 5.91 Å². The van der Waals surface area contributed by atoms with E-state index < -0.39 is 0 Å². The van der Waals surface area contributed by atoms with Crippen molar-refractivity contribution in [3.8, 4) is 5.75 Å². The van der Waals surface area contributed by atoms with Crippen LogP contribution in [0.4, 0.5) is 0 Å². The molecule has 0 aromatic heterocycles. The van der Waals surface area contributed by atoms with Crippen molar-refractivity contribution in [1.29, 1.82) is 0 Å². The van der Waals surface area contributed by atoms with Gasteiger partial charge >= 0.3 is 0 Å². The molecule has 1 rings (SSSR count). The van der Waals surface area contributed by atoms with Crippen molar-refractivity contribution in [3.05, 3.63) is 29.8 Å². The first kappa shape index (κ1) is 16.5. The second-order valence-electron chi connectivity index (χ2n) is 4.67. The van der Waals surface area contributed by atoms with E-state index in [0.29, 0.717) is 19.7 Å². The van der Waals surface area contributed by atoms with Gasteiger partial charge in [-0.15, -0.1) is 0 Å². The van der Waals surface area contributed by atoms with Crippen molar-refractivity contribution in [2.45, 2.75) is 13.0 Å². The Labute approximate surface area is 120 Å². The molecule has 0 heterocycles. The number of likely N-dealkylation sites (N-methyl/N-ethyl adjacent to an activating group) is 1. The van der Waals surface area contributed by atoms with E-state index in [0.717, 1.165) is 24.3 Å². The monoisotopic (exact) mass is 280 g/mol. The van der Waals surface area contributed by atoms with E-state index in [1.807, 2.05) is 36.2 Å². The molecule has 112 valence electrons. The summed E-state index contributed by atoms with van der Waals surface area (Å²) >= 11 is 0. The van der Waals surface area contributed by atoms with Crippen LogP contribution >= 0.6 is 0 Å². The highest BCUT2D eigenvalue weighted by Crippen LogP contribution is 2.16. The summed E-state index contributed by atoms with van der Waals surface area (Å²) in [5.41, 5.74) is 0.977. The molecule has 5 heteroatoms. The Morgan fingerprint density at radius 3 is 2.75 bits per heavy atom. The molecule has 1 aromatic carbocycles. The smallest absolute Gasteiger partial charge is 0.234 e. The molecule has 0 radical (unpaired) electrons. The van der Waals surface area contributed by atoms with Crippen LogP contribution in [0.25, 0.3) is 0 Å². The van der Waals surface area contributed by atoms with Crippen LogP contribution in [0.1, 0.15) is 12.0 Å². The second kappa shape index (κ2) is 9.34. The minimum absolute atomic E-state index is 0.0100. The van der Waals surface area contributed by atoms with Gasteiger partial charge in [-0.2, -0.15) is 0 Å². The van der Waals surface area contributed by atoms with Gasteiger partial charge in [0.05, 0.1) is 13.7 Å². The Morgan fingerprint density at radius 1 is 1.30 bits per heavy atom. The van der Waals surface area contributed by atoms with Gasteiger partial charge in [0.2, 0.25) is 5.91 Å². The van der Waals surface area contributed by atoms with E-state index >= 15 is 0 Å². The van der Waals surface area contributed by atoms with Crippen LogP contribution in [-0.4, -0.2) is 51.8 Å². The number of hydrogen-bond acceptors (Lipinski definition) is 4. The lowest BCUT2D eigenvalue weighted by molar-refractivity contribution is -0.122. The first-order valence-corrected chi connectivity index (χ1v) is 6.73. The fraction of sp³-hybridized carbons (Fsp3) is 0.533. The van der Waals surface area contributed by atoms with Gasteiger partial charge in [0.15, 0.2) is 0 Å². The normalized spacial score (nSPS) is 10.6. The molecule has 0 bridgehead atoms. The van der Waals surface area contributed by atoms with Gasteiger partial charge in [0.1, 0.15) is 5.75 Å². The number of amides is 1. The van der Waals surface area contributed by atoms with Gasteiger partial charge in [-0.05, 0) is 19.5 Å². The van der Waals surface area contributed by atoms with Gasteiger partial charge < -0.3 is 14.8 Å². The number of hydrogen-bond donors (Lipinski definition) is 1. The molecule has 0 saturated heterocycles. The molecule has 1 N–H and O–H groups in total. The zero-order chi connectivity index (χ0) is 14.8. The van der Waals surface area contributed by atoms with E-state index in [1.165, 1.54) is 0 Å². The summed E-state index contributed by atoms with van der Waals surface area (Å²) in [5, 5.41) is 2.90. The zero-order valence-electron chi connectivity index (χ0n) is 12.5. The van der Waals surface area contributed by atoms with E-state index in [9.17, 15) is 4.79 Å². The number of benzene rings is 1. The number of methoxy groups -OCH3 is 2. The molecule has 0 aliphatic carbocycles. The summed E-state index contributed by atoms with van der Waals surface area (Å²) < 4.78 is 10.2. The van der Waals surface area contributed by atoms with E-state index in [2.05, 4.69) is 5.32 Å². The van der Waals surface area contributed by atoms with Crippen LogP contribution < -0.4 is 10.1 Å². The number of carbonyl (C=O) groups is 1. The molecule has 5 nitrogen and oxygen atoms in total. The summed E-state index contributed by atoms with van der Waals surface area (Å²) in [6.07, 6.45) is 0.923. The predicted octanol–water partition coefficient (Wildman–Crippen LogP) is 1.28. The van der Waals surface area contributed by atoms with Crippen molar-refractivity contribution in [2.75, 3.05) is 41.0 Å². The van der Waals surface area contributed by atoms with Gasteiger partial charge in [-0.1, -0.05) is 18.2 Å². The highest BCUT2D eigenvalue weighted by atomic mass is 16.5. The van der Waals surface area contributed by atoms with Gasteiger partial charge in [0.25, 0.3) is 0 Å². The molecule has 0 fully saturated rings. The third-order valence-corrected chi connectivity index (χ3v) is 2.97. The average Bonchev–Trinajstić information content (AvgIpc) is 2.45. The highest BCUT2D eigenvalue weighted by molar-refractivity contribution is 5.78. The maximum atomic E-state index is 11.8. The third-order valence-electron chi connectivity index (χ3n) is 2.97. The number of rotatable bonds is 9. The molecule has 0 aliphatic rings. The number of nitrogens with one attached hydrogen (secondary N) is 1. The summed E-state index contributed by atoms with van der Waals surface area (Å²) in [5.74, 6) is 0.803. The first-order valence-electron chi connectivity index (χ1n) is 6.73. The lowest BCUT2D eigenvalue weighted by atomic mass is 10.2. The minimum atomic E-state index is 0.0100. The Morgan fingerprint density at radius 2 is 2.05 bits per heavy atom. The summed E-state index contributed by atoms with van der Waals surface area (Å²) in [4.78, 5) is 13.8. The summed E-state index contributed by atoms with van der Waals surface area (Å²) in [7, 11) is 5.24. The molecule has 0 atom stereocenters. The van der Waals surface area contributed by atoms with Crippen LogP contribution in [0.5, 0.6) is 5.75 Å². The van der Waals surface area contributed by atoms with Crippen LogP contribution in [-0.2, 0) is 16.1 Å². The van der Waals surface area contributed by atoms with Crippen LogP contribution in [0.15, 0.2) is 24.3 Å². The van der Waals surface area contributed by atoms with Gasteiger partial charge in [-0.25, -0.2) is 0 Å². The zero-order valence-corrected chi connectivity index (χ0v) is 12.5. The Kier molecular flexibility index (Phi) is 7.69. The van der Waals surface area contributed by atoms with Crippen molar-refractivity contribution < 1.29 is 14.3 Å². The van der Waals surface area contributed by atoms with E-state index in [-0.39, 0.29) is 5.91 Å². The Balaban J connectivity index is 2.32. The minimum Gasteiger partial charge on any atom is -0.496 e. The van der Waals surface area contributed by atoms with Crippen molar-refractivity contribution in [3.63, 3.8) is 0 Å². The summed E-state index contributed by atoms with van der Waals surface area (Å²) in [6.45, 7) is 2.43. The average molecular weight is 280 g/mol. The maximum Gasteiger partial charge on any atom is 0.234 e. The summed E-state index contributed by atoms with van der Waals surface area (Å²) in [6, 6.07) is 7.67. The third kappa shape index (κ3) is 6.04. The van der Waals surface area contributed by atoms with E-state index in [4.69, 9.17) is 9.47 Å². The van der Waals surface area contributed by atoms with Crippen molar-refractivity contribution in [2.24, 2.45) is 0 Å². The predicted molar refractivity (Wildman–Crippen MR) is 78.8 cm³/mol. The van der Waals surface area contributed by atoms with E-state index in [1.54, 1.807) is 14.2 Å². The SMILES string of the molecule is COCCCN(C)CC(=O)NCc1ccccc1OC. The topological polar surface area (TPSA) is 50.8 Å². The number of ether oxygens (including phenoxy) is 2. The molecule has 1 amide bonds.